The molecule has 10 heteroatoms. The van der Waals surface area contributed by atoms with Gasteiger partial charge in [-0.3, -0.25) is 9.59 Å². The largest absolute Gasteiger partial charge is 0.462 e. The fourth-order valence-corrected chi connectivity index (χ4v) is 5.57. The van der Waals surface area contributed by atoms with E-state index in [1.165, 1.54) is 19.3 Å². The van der Waals surface area contributed by atoms with E-state index >= 15 is 0 Å². The number of carbonyl (C=O) groups excluding carboxylic acids is 2. The number of hydrogen-bond donors (Lipinski definition) is 4. The van der Waals surface area contributed by atoms with Crippen molar-refractivity contribution in [3.05, 3.63) is 72.9 Å². The average Bonchev–Trinajstić information content (AvgIpc) is 3.17. The summed E-state index contributed by atoms with van der Waals surface area (Å²) in [5.74, 6) is -0.895. The highest BCUT2D eigenvalue weighted by Gasteiger charge is 2.44. The van der Waals surface area contributed by atoms with E-state index in [0.29, 0.717) is 19.3 Å². The molecule has 0 radical (unpaired) electrons. The van der Waals surface area contributed by atoms with E-state index in [4.69, 9.17) is 18.9 Å². The van der Waals surface area contributed by atoms with Crippen LogP contribution in [-0.4, -0.2) is 89.0 Å². The van der Waals surface area contributed by atoms with E-state index in [0.717, 1.165) is 70.6 Å². The molecule has 54 heavy (non-hydrogen) atoms. The molecular formula is C44H72O10. The van der Waals surface area contributed by atoms with Crippen molar-refractivity contribution in [3.8, 4) is 0 Å². The van der Waals surface area contributed by atoms with Crippen molar-refractivity contribution < 1.29 is 49.0 Å². The van der Waals surface area contributed by atoms with Gasteiger partial charge in [0.1, 0.15) is 31.0 Å². The predicted molar refractivity (Wildman–Crippen MR) is 214 cm³/mol. The molecule has 6 unspecified atom stereocenters. The Morgan fingerprint density at radius 2 is 1.11 bits per heavy atom. The molecule has 1 aliphatic rings. The zero-order valence-electron chi connectivity index (χ0n) is 33.2. The maximum atomic E-state index is 12.7. The number of ether oxygens (including phenoxy) is 4. The molecule has 308 valence electrons. The van der Waals surface area contributed by atoms with Crippen molar-refractivity contribution in [2.45, 2.75) is 173 Å². The molecule has 1 rings (SSSR count). The summed E-state index contributed by atoms with van der Waals surface area (Å²) in [6.45, 7) is 3.19. The predicted octanol–water partition coefficient (Wildman–Crippen LogP) is 8.05. The molecule has 1 fully saturated rings. The van der Waals surface area contributed by atoms with Crippen molar-refractivity contribution in [1.82, 2.24) is 0 Å². The summed E-state index contributed by atoms with van der Waals surface area (Å²) in [6.07, 6.45) is 34.9. The highest BCUT2D eigenvalue weighted by molar-refractivity contribution is 5.70. The Bertz CT molecular complexity index is 1110. The standard InChI is InChI=1S/C44H72O10/c1-3-5-7-9-11-13-15-17-18-19-20-21-23-25-27-29-31-33-40(47)53-37(36-52-44-43(50)42(49)41(48)38(34-45)54-44)35-51-39(46)32-30-28-26-24-22-16-14-12-10-8-6-4-2/h5,7,11-14,17-18,20-21,25,27,37-38,41-45,48-50H,3-4,6,8-10,15-16,19,22-24,26,28-36H2,1-2H3/b7-5-,13-11-,14-12-,18-17-,21-20-,27-25-. The molecule has 1 heterocycles. The van der Waals surface area contributed by atoms with Crippen LogP contribution in [0.3, 0.4) is 0 Å². The molecule has 0 amide bonds. The molecule has 0 saturated carbocycles. The van der Waals surface area contributed by atoms with Gasteiger partial charge in [0.2, 0.25) is 0 Å². The summed E-state index contributed by atoms with van der Waals surface area (Å²) in [6, 6.07) is 0. The van der Waals surface area contributed by atoms with E-state index in [1.807, 2.05) is 6.08 Å². The first kappa shape index (κ1) is 49.2. The van der Waals surface area contributed by atoms with Crippen molar-refractivity contribution in [2.75, 3.05) is 19.8 Å². The van der Waals surface area contributed by atoms with E-state index in [1.54, 1.807) is 0 Å². The number of allylic oxidation sites excluding steroid dienone is 12. The van der Waals surface area contributed by atoms with Crippen molar-refractivity contribution in [2.24, 2.45) is 0 Å². The molecule has 0 spiro atoms. The lowest BCUT2D eigenvalue weighted by Gasteiger charge is -2.39. The van der Waals surface area contributed by atoms with Gasteiger partial charge < -0.3 is 39.4 Å². The third-order valence-electron chi connectivity index (χ3n) is 8.83. The van der Waals surface area contributed by atoms with Crippen LogP contribution in [0.4, 0.5) is 0 Å². The van der Waals surface area contributed by atoms with Gasteiger partial charge in [0.05, 0.1) is 13.2 Å². The lowest BCUT2D eigenvalue weighted by molar-refractivity contribution is -0.305. The summed E-state index contributed by atoms with van der Waals surface area (Å²) in [5.41, 5.74) is 0. The smallest absolute Gasteiger partial charge is 0.306 e. The molecular weight excluding hydrogens is 688 g/mol. The van der Waals surface area contributed by atoms with Crippen LogP contribution in [0.2, 0.25) is 0 Å². The molecule has 1 aliphatic heterocycles. The van der Waals surface area contributed by atoms with Gasteiger partial charge in [0.15, 0.2) is 12.4 Å². The first-order chi connectivity index (χ1) is 26.3. The van der Waals surface area contributed by atoms with Gasteiger partial charge in [-0.05, 0) is 77.0 Å². The second kappa shape index (κ2) is 34.6. The zero-order chi connectivity index (χ0) is 39.5. The minimum atomic E-state index is -1.61. The molecule has 0 aliphatic carbocycles. The fourth-order valence-electron chi connectivity index (χ4n) is 5.57. The second-order valence-corrected chi connectivity index (χ2v) is 13.7. The van der Waals surface area contributed by atoms with Crippen LogP contribution in [-0.2, 0) is 28.5 Å². The Hall–Kier alpha value is -2.86. The summed E-state index contributed by atoms with van der Waals surface area (Å²) in [5, 5.41) is 40.0. The number of aliphatic hydroxyl groups is 4. The Morgan fingerprint density at radius 1 is 0.593 bits per heavy atom. The molecule has 10 nitrogen and oxygen atoms in total. The lowest BCUT2D eigenvalue weighted by Crippen LogP contribution is -2.59. The first-order valence-electron chi connectivity index (χ1n) is 20.5. The van der Waals surface area contributed by atoms with Gasteiger partial charge in [-0.1, -0.05) is 119 Å². The number of unbranched alkanes of at least 4 members (excludes halogenated alkanes) is 9. The van der Waals surface area contributed by atoms with Gasteiger partial charge in [-0.25, -0.2) is 0 Å². The number of hydrogen-bond acceptors (Lipinski definition) is 10. The topological polar surface area (TPSA) is 152 Å². The summed E-state index contributed by atoms with van der Waals surface area (Å²) >= 11 is 0. The SMILES string of the molecule is CC/C=C\C/C=C\C/C=C\C/C=C\C/C=C\CCCC(=O)OC(COC(=O)CCCCCCC/C=C\CCCCC)COC1OC(CO)C(O)C(O)C1O. The fraction of sp³-hybridized carbons (Fsp3) is 0.682. The van der Waals surface area contributed by atoms with E-state index in [2.05, 4.69) is 80.7 Å². The minimum Gasteiger partial charge on any atom is -0.462 e. The number of aliphatic hydroxyl groups excluding tert-OH is 4. The number of carbonyl (C=O) groups is 2. The van der Waals surface area contributed by atoms with Gasteiger partial charge in [0, 0.05) is 12.8 Å². The van der Waals surface area contributed by atoms with Gasteiger partial charge in [-0.15, -0.1) is 0 Å². The summed E-state index contributed by atoms with van der Waals surface area (Å²) in [4.78, 5) is 25.2. The van der Waals surface area contributed by atoms with Gasteiger partial charge in [0.25, 0.3) is 0 Å². The lowest BCUT2D eigenvalue weighted by atomic mass is 9.99. The van der Waals surface area contributed by atoms with Gasteiger partial charge in [-0.2, -0.15) is 0 Å². The molecule has 4 N–H and O–H groups in total. The van der Waals surface area contributed by atoms with Crippen LogP contribution in [0.25, 0.3) is 0 Å². The van der Waals surface area contributed by atoms with E-state index in [9.17, 15) is 30.0 Å². The monoisotopic (exact) mass is 761 g/mol. The Balaban J connectivity index is 2.44. The summed E-state index contributed by atoms with van der Waals surface area (Å²) < 4.78 is 22.0. The number of esters is 2. The molecule has 0 aromatic carbocycles. The zero-order valence-corrected chi connectivity index (χ0v) is 33.2. The van der Waals surface area contributed by atoms with Crippen molar-refractivity contribution in [1.29, 1.82) is 0 Å². The van der Waals surface area contributed by atoms with Crippen molar-refractivity contribution in [3.63, 3.8) is 0 Å². The molecule has 0 bridgehead atoms. The quantitative estimate of drug-likeness (QED) is 0.0301. The normalized spacial score (nSPS) is 21.5. The molecule has 0 aromatic heterocycles. The molecule has 1 saturated heterocycles. The minimum absolute atomic E-state index is 0.146. The first-order valence-corrected chi connectivity index (χ1v) is 20.5. The van der Waals surface area contributed by atoms with E-state index < -0.39 is 55.4 Å². The Labute approximate surface area is 325 Å². The van der Waals surface area contributed by atoms with Crippen molar-refractivity contribution >= 4 is 11.9 Å². The Morgan fingerprint density at radius 3 is 1.72 bits per heavy atom. The number of rotatable bonds is 32. The molecule has 6 atom stereocenters. The van der Waals surface area contributed by atoms with Crippen LogP contribution in [0.1, 0.15) is 136 Å². The van der Waals surface area contributed by atoms with Crippen LogP contribution in [0.15, 0.2) is 72.9 Å². The summed E-state index contributed by atoms with van der Waals surface area (Å²) in [7, 11) is 0. The van der Waals surface area contributed by atoms with Crippen LogP contribution < -0.4 is 0 Å². The van der Waals surface area contributed by atoms with E-state index in [-0.39, 0.29) is 26.1 Å². The Kier molecular flexibility index (Phi) is 31.5. The highest BCUT2D eigenvalue weighted by Crippen LogP contribution is 2.22. The highest BCUT2D eigenvalue weighted by atomic mass is 16.7. The third kappa shape index (κ3) is 26.0. The maximum Gasteiger partial charge on any atom is 0.306 e. The maximum absolute atomic E-state index is 12.7. The van der Waals surface area contributed by atoms with Crippen LogP contribution >= 0.6 is 0 Å². The second-order valence-electron chi connectivity index (χ2n) is 13.7. The third-order valence-corrected chi connectivity index (χ3v) is 8.83. The van der Waals surface area contributed by atoms with Crippen LogP contribution in [0, 0.1) is 0 Å². The van der Waals surface area contributed by atoms with Gasteiger partial charge >= 0.3 is 11.9 Å². The molecule has 0 aromatic rings. The average molecular weight is 761 g/mol. The van der Waals surface area contributed by atoms with Crippen LogP contribution in [0.5, 0.6) is 0 Å².